The van der Waals surface area contributed by atoms with Crippen molar-refractivity contribution in [1.82, 2.24) is 14.5 Å². The quantitative estimate of drug-likeness (QED) is 0.421. The number of fused-ring (bicyclic) bond motifs is 1. The third-order valence-electron chi connectivity index (χ3n) is 4.80. The van der Waals surface area contributed by atoms with Crippen molar-refractivity contribution < 1.29 is 0 Å². The molecule has 0 unspecified atom stereocenters. The number of benzene rings is 2. The van der Waals surface area contributed by atoms with Gasteiger partial charge in [-0.3, -0.25) is 4.98 Å². The lowest BCUT2D eigenvalue weighted by Gasteiger charge is -2.12. The first-order valence-corrected chi connectivity index (χ1v) is 10.1. The minimum atomic E-state index is 0.811. The van der Waals surface area contributed by atoms with E-state index in [1.54, 1.807) is 11.8 Å². The van der Waals surface area contributed by atoms with Gasteiger partial charge in [0.05, 0.1) is 23.8 Å². The summed E-state index contributed by atoms with van der Waals surface area (Å²) in [6.45, 7) is 7.26. The highest BCUT2D eigenvalue weighted by atomic mass is 32.2. The monoisotopic (exact) mass is 373 g/mol. The zero-order valence-corrected chi connectivity index (χ0v) is 16.8. The molecule has 0 bridgehead atoms. The molecule has 27 heavy (non-hydrogen) atoms. The summed E-state index contributed by atoms with van der Waals surface area (Å²) in [7, 11) is 0. The van der Waals surface area contributed by atoms with E-state index < -0.39 is 0 Å². The van der Waals surface area contributed by atoms with Crippen LogP contribution in [0, 0.1) is 20.8 Å². The van der Waals surface area contributed by atoms with Gasteiger partial charge < -0.3 is 4.57 Å². The number of rotatable bonds is 5. The Kier molecular flexibility index (Phi) is 4.99. The average Bonchev–Trinajstić information content (AvgIpc) is 3.01. The Bertz CT molecular complexity index is 1100. The second-order valence-electron chi connectivity index (χ2n) is 7.05. The molecule has 0 aliphatic rings. The zero-order chi connectivity index (χ0) is 18.8. The van der Waals surface area contributed by atoms with E-state index in [9.17, 15) is 0 Å². The summed E-state index contributed by atoms with van der Waals surface area (Å²) < 4.78 is 2.30. The Hall–Kier alpha value is -2.59. The highest BCUT2D eigenvalue weighted by molar-refractivity contribution is 7.98. The summed E-state index contributed by atoms with van der Waals surface area (Å²) in [4.78, 5) is 9.21. The maximum atomic E-state index is 4.88. The van der Waals surface area contributed by atoms with Crippen LogP contribution in [-0.2, 0) is 12.3 Å². The Balaban J connectivity index is 1.69. The van der Waals surface area contributed by atoms with Crippen molar-refractivity contribution in [1.29, 1.82) is 0 Å². The number of nitrogens with zero attached hydrogens (tertiary/aromatic N) is 3. The lowest BCUT2D eigenvalue weighted by molar-refractivity contribution is 0.726. The van der Waals surface area contributed by atoms with Crippen LogP contribution >= 0.6 is 11.8 Å². The van der Waals surface area contributed by atoms with Gasteiger partial charge >= 0.3 is 0 Å². The molecule has 3 nitrogen and oxygen atoms in total. The van der Waals surface area contributed by atoms with Crippen LogP contribution in [-0.4, -0.2) is 14.5 Å². The minimum absolute atomic E-state index is 0.811. The van der Waals surface area contributed by atoms with Crippen LogP contribution in [0.2, 0.25) is 0 Å². The molecule has 0 atom stereocenters. The van der Waals surface area contributed by atoms with Gasteiger partial charge in [-0.2, -0.15) is 0 Å². The van der Waals surface area contributed by atoms with Crippen molar-refractivity contribution >= 4 is 22.8 Å². The molecule has 0 N–H and O–H groups in total. The van der Waals surface area contributed by atoms with E-state index in [2.05, 4.69) is 72.8 Å². The molecule has 0 fully saturated rings. The second-order valence-corrected chi connectivity index (χ2v) is 8.00. The third kappa shape index (κ3) is 3.91. The normalized spacial score (nSPS) is 11.2. The van der Waals surface area contributed by atoms with Gasteiger partial charge in [0.15, 0.2) is 5.16 Å². The standard InChI is InChI=1S/C23H23N3S/c1-16-5-4-6-19(11-16)15-27-23-25-21-9-10-24-13-22(21)26(23)14-20-12-17(2)7-8-18(20)3/h4-13H,14-15H2,1-3H3. The van der Waals surface area contributed by atoms with Crippen LogP contribution in [0.5, 0.6) is 0 Å². The zero-order valence-electron chi connectivity index (χ0n) is 15.9. The van der Waals surface area contributed by atoms with Crippen molar-refractivity contribution in [2.24, 2.45) is 0 Å². The summed E-state index contributed by atoms with van der Waals surface area (Å²) in [6.07, 6.45) is 3.73. The SMILES string of the molecule is Cc1cccc(CSc2nc3ccncc3n2Cc2cc(C)ccc2C)c1. The number of hydrogen-bond donors (Lipinski definition) is 0. The first-order valence-electron chi connectivity index (χ1n) is 9.15. The Morgan fingerprint density at radius 2 is 1.81 bits per heavy atom. The molecular weight excluding hydrogens is 350 g/mol. The third-order valence-corrected chi connectivity index (χ3v) is 5.85. The molecule has 2 aromatic carbocycles. The van der Waals surface area contributed by atoms with Gasteiger partial charge in [-0.1, -0.05) is 65.4 Å². The van der Waals surface area contributed by atoms with Crippen LogP contribution in [0.25, 0.3) is 11.0 Å². The predicted molar refractivity (Wildman–Crippen MR) is 113 cm³/mol. The average molecular weight is 374 g/mol. The van der Waals surface area contributed by atoms with Gasteiger partial charge in [-0.05, 0) is 43.5 Å². The lowest BCUT2D eigenvalue weighted by Crippen LogP contribution is -2.04. The van der Waals surface area contributed by atoms with E-state index in [0.717, 1.165) is 28.5 Å². The number of pyridine rings is 1. The van der Waals surface area contributed by atoms with Crippen LogP contribution < -0.4 is 0 Å². The molecule has 0 saturated carbocycles. The van der Waals surface area contributed by atoms with Crippen LogP contribution in [0.3, 0.4) is 0 Å². The van der Waals surface area contributed by atoms with Gasteiger partial charge in [0.25, 0.3) is 0 Å². The fourth-order valence-corrected chi connectivity index (χ4v) is 4.26. The molecular formula is C23H23N3S. The largest absolute Gasteiger partial charge is 0.313 e. The van der Waals surface area contributed by atoms with Gasteiger partial charge in [-0.15, -0.1) is 0 Å². The molecule has 4 heteroatoms. The van der Waals surface area contributed by atoms with E-state index in [1.807, 2.05) is 18.5 Å². The Morgan fingerprint density at radius 1 is 0.963 bits per heavy atom. The molecule has 0 saturated heterocycles. The number of thioether (sulfide) groups is 1. The van der Waals surface area contributed by atoms with Crippen LogP contribution in [0.15, 0.2) is 66.1 Å². The minimum Gasteiger partial charge on any atom is -0.313 e. The highest BCUT2D eigenvalue weighted by Gasteiger charge is 2.13. The van der Waals surface area contributed by atoms with E-state index in [0.29, 0.717) is 0 Å². The molecule has 0 aliphatic heterocycles. The van der Waals surface area contributed by atoms with Crippen molar-refractivity contribution in [3.8, 4) is 0 Å². The van der Waals surface area contributed by atoms with Gasteiger partial charge in [0.1, 0.15) is 0 Å². The number of aromatic nitrogens is 3. The fourth-order valence-electron chi connectivity index (χ4n) is 3.30. The van der Waals surface area contributed by atoms with Gasteiger partial charge in [0, 0.05) is 11.9 Å². The molecule has 0 aliphatic carbocycles. The summed E-state index contributed by atoms with van der Waals surface area (Å²) in [5.74, 6) is 0.908. The first-order chi connectivity index (χ1) is 13.1. The van der Waals surface area contributed by atoms with Crippen molar-refractivity contribution in [2.45, 2.75) is 38.2 Å². The van der Waals surface area contributed by atoms with Crippen molar-refractivity contribution in [2.75, 3.05) is 0 Å². The first kappa shape index (κ1) is 17.8. The second kappa shape index (κ2) is 7.57. The number of hydrogen-bond acceptors (Lipinski definition) is 3. The topological polar surface area (TPSA) is 30.7 Å². The molecule has 0 spiro atoms. The molecule has 0 amide bonds. The molecule has 2 heterocycles. The van der Waals surface area contributed by atoms with E-state index >= 15 is 0 Å². The smallest absolute Gasteiger partial charge is 0.169 e. The molecule has 0 radical (unpaired) electrons. The van der Waals surface area contributed by atoms with Gasteiger partial charge in [0.2, 0.25) is 0 Å². The Labute approximate surface area is 164 Å². The van der Waals surface area contributed by atoms with Crippen LogP contribution in [0.4, 0.5) is 0 Å². The predicted octanol–water partition coefficient (Wildman–Crippen LogP) is 5.70. The molecule has 2 aromatic heterocycles. The summed E-state index contributed by atoms with van der Waals surface area (Å²) in [6, 6.07) is 17.3. The summed E-state index contributed by atoms with van der Waals surface area (Å²) >= 11 is 1.79. The number of imidazole rings is 1. The van der Waals surface area contributed by atoms with Gasteiger partial charge in [-0.25, -0.2) is 4.98 Å². The maximum Gasteiger partial charge on any atom is 0.169 e. The van der Waals surface area contributed by atoms with Crippen molar-refractivity contribution in [3.05, 3.63) is 88.7 Å². The Morgan fingerprint density at radius 3 is 2.67 bits per heavy atom. The van der Waals surface area contributed by atoms with E-state index in [1.165, 1.54) is 27.8 Å². The number of aryl methyl sites for hydroxylation is 3. The highest BCUT2D eigenvalue weighted by Crippen LogP contribution is 2.28. The summed E-state index contributed by atoms with van der Waals surface area (Å²) in [5.41, 5.74) is 8.63. The fraction of sp³-hybridized carbons (Fsp3) is 0.217. The van der Waals surface area contributed by atoms with E-state index in [4.69, 9.17) is 4.98 Å². The van der Waals surface area contributed by atoms with Crippen molar-refractivity contribution in [3.63, 3.8) is 0 Å². The van der Waals surface area contributed by atoms with Crippen LogP contribution in [0.1, 0.15) is 27.8 Å². The molecule has 4 rings (SSSR count). The lowest BCUT2D eigenvalue weighted by atomic mass is 10.1. The molecule has 4 aromatic rings. The molecule has 136 valence electrons. The maximum absolute atomic E-state index is 4.88. The van der Waals surface area contributed by atoms with E-state index in [-0.39, 0.29) is 0 Å². The summed E-state index contributed by atoms with van der Waals surface area (Å²) in [5, 5.41) is 1.04.